The predicted octanol–water partition coefficient (Wildman–Crippen LogP) is 2.80. The lowest BCUT2D eigenvalue weighted by atomic mass is 10.6. The molecule has 2 heterocycles. The van der Waals surface area contributed by atoms with Crippen LogP contribution >= 0.6 is 39.1 Å². The molecule has 62 valence electrons. The number of rotatable bonds is 0. The minimum atomic E-state index is 0.283. The molecule has 0 aliphatic heterocycles. The SMILES string of the molecule is Clc1cn2ncc(Br)c2nc1Cl. The van der Waals surface area contributed by atoms with Crippen LogP contribution in [0.2, 0.25) is 10.2 Å². The summed E-state index contributed by atoms with van der Waals surface area (Å²) in [4.78, 5) is 4.02. The Labute approximate surface area is 86.4 Å². The van der Waals surface area contributed by atoms with Gasteiger partial charge in [0.25, 0.3) is 0 Å². The second-order valence-corrected chi connectivity index (χ2v) is 3.76. The summed E-state index contributed by atoms with van der Waals surface area (Å²) in [7, 11) is 0. The van der Waals surface area contributed by atoms with Crippen LogP contribution in [0.5, 0.6) is 0 Å². The molecule has 0 saturated heterocycles. The fourth-order valence-corrected chi connectivity index (χ4v) is 1.47. The molecule has 0 amide bonds. The van der Waals surface area contributed by atoms with Crippen molar-refractivity contribution in [3.63, 3.8) is 0 Å². The Balaban J connectivity index is 2.87. The van der Waals surface area contributed by atoms with Gasteiger partial charge in [-0.2, -0.15) is 5.10 Å². The average molecular weight is 267 g/mol. The standard InChI is InChI=1S/C6H2BrCl2N3/c7-3-1-10-12-2-4(8)5(9)11-6(3)12/h1-2H. The van der Waals surface area contributed by atoms with Crippen molar-refractivity contribution in [1.82, 2.24) is 14.6 Å². The molecule has 3 nitrogen and oxygen atoms in total. The van der Waals surface area contributed by atoms with Crippen molar-refractivity contribution in [2.24, 2.45) is 0 Å². The maximum absolute atomic E-state index is 5.73. The van der Waals surface area contributed by atoms with Crippen LogP contribution in [-0.2, 0) is 0 Å². The van der Waals surface area contributed by atoms with Crippen molar-refractivity contribution < 1.29 is 0 Å². The smallest absolute Gasteiger partial charge is 0.170 e. The molecule has 0 bridgehead atoms. The molecule has 0 spiro atoms. The summed E-state index contributed by atoms with van der Waals surface area (Å²) in [6.07, 6.45) is 3.24. The van der Waals surface area contributed by atoms with Crippen molar-refractivity contribution in [1.29, 1.82) is 0 Å². The van der Waals surface area contributed by atoms with E-state index in [0.717, 1.165) is 4.47 Å². The second kappa shape index (κ2) is 2.87. The molecule has 2 rings (SSSR count). The van der Waals surface area contributed by atoms with Gasteiger partial charge in [-0.3, -0.25) is 0 Å². The number of hydrogen-bond donors (Lipinski definition) is 0. The molecule has 2 aromatic heterocycles. The lowest BCUT2D eigenvalue weighted by Gasteiger charge is -1.95. The topological polar surface area (TPSA) is 30.2 Å². The summed E-state index contributed by atoms with van der Waals surface area (Å²) in [5, 5.41) is 4.66. The molecule has 0 unspecified atom stereocenters. The summed E-state index contributed by atoms with van der Waals surface area (Å²) in [5.41, 5.74) is 0.657. The van der Waals surface area contributed by atoms with E-state index >= 15 is 0 Å². The fourth-order valence-electron chi connectivity index (χ4n) is 0.841. The van der Waals surface area contributed by atoms with E-state index in [4.69, 9.17) is 23.2 Å². The summed E-state index contributed by atoms with van der Waals surface area (Å²) in [6.45, 7) is 0. The molecule has 0 aliphatic carbocycles. The summed E-state index contributed by atoms with van der Waals surface area (Å²) < 4.78 is 2.35. The first-order valence-electron chi connectivity index (χ1n) is 3.03. The zero-order valence-electron chi connectivity index (χ0n) is 5.63. The van der Waals surface area contributed by atoms with Gasteiger partial charge < -0.3 is 0 Å². The van der Waals surface area contributed by atoms with Crippen molar-refractivity contribution in [2.45, 2.75) is 0 Å². The van der Waals surface area contributed by atoms with E-state index in [1.807, 2.05) is 0 Å². The van der Waals surface area contributed by atoms with Gasteiger partial charge in [0.15, 0.2) is 10.8 Å². The number of nitrogens with zero attached hydrogens (tertiary/aromatic N) is 3. The van der Waals surface area contributed by atoms with Crippen molar-refractivity contribution in [3.05, 3.63) is 27.0 Å². The lowest BCUT2D eigenvalue weighted by molar-refractivity contribution is 0.940. The first-order chi connectivity index (χ1) is 5.68. The Hall–Kier alpha value is -0.320. The normalized spacial score (nSPS) is 10.9. The summed E-state index contributed by atoms with van der Waals surface area (Å²) in [5.74, 6) is 0. The van der Waals surface area contributed by atoms with Gasteiger partial charge in [0.2, 0.25) is 0 Å². The minimum Gasteiger partial charge on any atom is -0.220 e. The maximum Gasteiger partial charge on any atom is 0.170 e. The Morgan fingerprint density at radius 2 is 2.17 bits per heavy atom. The third-order valence-corrected chi connectivity index (χ3v) is 2.58. The molecular weight excluding hydrogens is 265 g/mol. The van der Waals surface area contributed by atoms with E-state index in [2.05, 4.69) is 26.0 Å². The molecule has 0 fully saturated rings. The van der Waals surface area contributed by atoms with E-state index < -0.39 is 0 Å². The van der Waals surface area contributed by atoms with Crippen LogP contribution < -0.4 is 0 Å². The molecule has 0 saturated carbocycles. The van der Waals surface area contributed by atoms with E-state index in [9.17, 15) is 0 Å². The molecule has 6 heteroatoms. The van der Waals surface area contributed by atoms with Gasteiger partial charge in [0.1, 0.15) is 0 Å². The van der Waals surface area contributed by atoms with Gasteiger partial charge in [-0.1, -0.05) is 23.2 Å². The quantitative estimate of drug-likeness (QED) is 0.687. The number of aromatic nitrogens is 3. The van der Waals surface area contributed by atoms with Gasteiger partial charge in [-0.05, 0) is 15.9 Å². The van der Waals surface area contributed by atoms with Crippen LogP contribution in [0, 0.1) is 0 Å². The number of hydrogen-bond acceptors (Lipinski definition) is 2. The van der Waals surface area contributed by atoms with Crippen molar-refractivity contribution in [3.8, 4) is 0 Å². The van der Waals surface area contributed by atoms with Gasteiger partial charge >= 0.3 is 0 Å². The zero-order chi connectivity index (χ0) is 8.72. The van der Waals surface area contributed by atoms with Crippen LogP contribution in [0.15, 0.2) is 16.9 Å². The van der Waals surface area contributed by atoms with Crippen LogP contribution in [0.1, 0.15) is 0 Å². The molecule has 2 aromatic rings. The molecule has 0 radical (unpaired) electrons. The Kier molecular flexibility index (Phi) is 1.98. The molecule has 0 aliphatic rings. The van der Waals surface area contributed by atoms with E-state index in [1.165, 1.54) is 0 Å². The van der Waals surface area contributed by atoms with Crippen LogP contribution in [0.25, 0.3) is 5.65 Å². The third-order valence-electron chi connectivity index (χ3n) is 1.36. The Morgan fingerprint density at radius 3 is 2.92 bits per heavy atom. The number of halogens is 3. The predicted molar refractivity (Wildman–Crippen MR) is 50.7 cm³/mol. The first-order valence-corrected chi connectivity index (χ1v) is 4.58. The van der Waals surface area contributed by atoms with Crippen LogP contribution in [0.4, 0.5) is 0 Å². The molecule has 0 aromatic carbocycles. The van der Waals surface area contributed by atoms with Gasteiger partial charge in [0, 0.05) is 0 Å². The third kappa shape index (κ3) is 1.20. The highest BCUT2D eigenvalue weighted by Crippen LogP contribution is 2.23. The minimum absolute atomic E-state index is 0.283. The van der Waals surface area contributed by atoms with E-state index in [-0.39, 0.29) is 5.15 Å². The monoisotopic (exact) mass is 265 g/mol. The number of fused-ring (bicyclic) bond motifs is 1. The first kappa shape index (κ1) is 8.29. The maximum atomic E-state index is 5.73. The molecule has 12 heavy (non-hydrogen) atoms. The van der Waals surface area contributed by atoms with Crippen molar-refractivity contribution >= 4 is 44.8 Å². The molecule has 0 atom stereocenters. The zero-order valence-corrected chi connectivity index (χ0v) is 8.73. The fraction of sp³-hybridized carbons (Fsp3) is 0. The van der Waals surface area contributed by atoms with Crippen LogP contribution in [0.3, 0.4) is 0 Å². The van der Waals surface area contributed by atoms with Gasteiger partial charge in [-0.15, -0.1) is 0 Å². The summed E-state index contributed by atoms with van der Waals surface area (Å²) >= 11 is 14.7. The summed E-state index contributed by atoms with van der Waals surface area (Å²) in [6, 6.07) is 0. The largest absolute Gasteiger partial charge is 0.220 e. The lowest BCUT2D eigenvalue weighted by Crippen LogP contribution is -1.90. The molecular formula is C6H2BrCl2N3. The van der Waals surface area contributed by atoms with Gasteiger partial charge in [-0.25, -0.2) is 9.50 Å². The van der Waals surface area contributed by atoms with Crippen molar-refractivity contribution in [2.75, 3.05) is 0 Å². The highest BCUT2D eigenvalue weighted by molar-refractivity contribution is 9.10. The Bertz CT molecular complexity index is 440. The average Bonchev–Trinajstić information content (AvgIpc) is 2.35. The van der Waals surface area contributed by atoms with E-state index in [1.54, 1.807) is 16.9 Å². The second-order valence-electron chi connectivity index (χ2n) is 2.14. The Morgan fingerprint density at radius 1 is 1.42 bits per heavy atom. The highest BCUT2D eigenvalue weighted by atomic mass is 79.9. The molecule has 0 N–H and O–H groups in total. The highest BCUT2D eigenvalue weighted by Gasteiger charge is 2.06. The van der Waals surface area contributed by atoms with Crippen LogP contribution in [-0.4, -0.2) is 14.6 Å². The van der Waals surface area contributed by atoms with E-state index in [0.29, 0.717) is 10.7 Å². The van der Waals surface area contributed by atoms with Gasteiger partial charge in [0.05, 0.1) is 21.9 Å².